The Balaban J connectivity index is 1.45. The molecule has 122 valence electrons. The van der Waals surface area contributed by atoms with Crippen molar-refractivity contribution in [3.63, 3.8) is 0 Å². The van der Waals surface area contributed by atoms with Crippen molar-refractivity contribution in [1.29, 1.82) is 0 Å². The second-order valence-electron chi connectivity index (χ2n) is 5.98. The van der Waals surface area contributed by atoms with E-state index in [1.54, 1.807) is 24.5 Å². The Labute approximate surface area is 134 Å². The van der Waals surface area contributed by atoms with Gasteiger partial charge in [-0.15, -0.1) is 0 Å². The zero-order valence-electron chi connectivity index (χ0n) is 13.2. The number of furan rings is 1. The van der Waals surface area contributed by atoms with Crippen molar-refractivity contribution in [3.8, 4) is 0 Å². The number of nitrogens with one attached hydrogen (secondary N) is 2. The van der Waals surface area contributed by atoms with Crippen LogP contribution >= 0.6 is 0 Å². The molecule has 1 saturated heterocycles. The van der Waals surface area contributed by atoms with E-state index < -0.39 is 0 Å². The van der Waals surface area contributed by atoms with Crippen LogP contribution in [0.25, 0.3) is 0 Å². The highest BCUT2D eigenvalue weighted by Crippen LogP contribution is 2.19. The first-order valence-corrected chi connectivity index (χ1v) is 7.89. The number of carbonyl (C=O) groups excluding carboxylic acids is 2. The maximum atomic E-state index is 12.3. The van der Waals surface area contributed by atoms with Crippen molar-refractivity contribution in [2.75, 3.05) is 19.6 Å². The summed E-state index contributed by atoms with van der Waals surface area (Å²) in [5.41, 5.74) is 1.54. The predicted molar refractivity (Wildman–Crippen MR) is 85.2 cm³/mol. The van der Waals surface area contributed by atoms with Crippen molar-refractivity contribution in [2.45, 2.75) is 19.8 Å². The standard InChI is InChI=1S/C17H21N3O3/c1-12-5-9-23-15(12)16(21)19-10-13-3-7-20(8-4-13)17(22)14-2-6-18-11-14/h2,5-6,9,11,13,18H,3-4,7-8,10H2,1H3,(H,19,21). The predicted octanol–water partition coefficient (Wildman–Crippen LogP) is 2.20. The minimum Gasteiger partial charge on any atom is -0.459 e. The lowest BCUT2D eigenvalue weighted by Crippen LogP contribution is -2.41. The van der Waals surface area contributed by atoms with Gasteiger partial charge in [0, 0.05) is 37.6 Å². The largest absolute Gasteiger partial charge is 0.459 e. The number of amides is 2. The number of carbonyl (C=O) groups is 2. The smallest absolute Gasteiger partial charge is 0.287 e. The second-order valence-corrected chi connectivity index (χ2v) is 5.98. The third kappa shape index (κ3) is 3.47. The van der Waals surface area contributed by atoms with Crippen LogP contribution in [-0.2, 0) is 0 Å². The summed E-state index contributed by atoms with van der Waals surface area (Å²) in [4.78, 5) is 29.1. The summed E-state index contributed by atoms with van der Waals surface area (Å²) in [6.07, 6.45) is 6.79. The number of hydrogen-bond acceptors (Lipinski definition) is 3. The first-order chi connectivity index (χ1) is 11.1. The Morgan fingerprint density at radius 3 is 2.74 bits per heavy atom. The third-order valence-corrected chi connectivity index (χ3v) is 4.37. The summed E-state index contributed by atoms with van der Waals surface area (Å²) in [5, 5.41) is 2.93. The van der Waals surface area contributed by atoms with Crippen molar-refractivity contribution < 1.29 is 14.0 Å². The molecule has 1 fully saturated rings. The van der Waals surface area contributed by atoms with Crippen LogP contribution in [0.1, 0.15) is 39.3 Å². The Hall–Kier alpha value is -2.50. The fraction of sp³-hybridized carbons (Fsp3) is 0.412. The van der Waals surface area contributed by atoms with E-state index in [9.17, 15) is 9.59 Å². The summed E-state index contributed by atoms with van der Waals surface area (Å²) < 4.78 is 5.19. The molecule has 23 heavy (non-hydrogen) atoms. The van der Waals surface area contributed by atoms with Crippen molar-refractivity contribution >= 4 is 11.8 Å². The molecule has 3 rings (SSSR count). The van der Waals surface area contributed by atoms with Gasteiger partial charge in [-0.25, -0.2) is 0 Å². The molecular weight excluding hydrogens is 294 g/mol. The first kappa shape index (κ1) is 15.4. The van der Waals surface area contributed by atoms with Crippen molar-refractivity contribution in [1.82, 2.24) is 15.2 Å². The average Bonchev–Trinajstić information content (AvgIpc) is 3.24. The monoisotopic (exact) mass is 315 g/mol. The highest BCUT2D eigenvalue weighted by molar-refractivity contribution is 5.94. The number of H-pyrrole nitrogens is 1. The number of likely N-dealkylation sites (tertiary alicyclic amines) is 1. The second kappa shape index (κ2) is 6.73. The molecule has 2 N–H and O–H groups in total. The third-order valence-electron chi connectivity index (χ3n) is 4.37. The van der Waals surface area contributed by atoms with E-state index in [-0.39, 0.29) is 11.8 Å². The molecule has 1 aliphatic heterocycles. The van der Waals surface area contributed by atoms with Gasteiger partial charge in [-0.05, 0) is 37.8 Å². The highest BCUT2D eigenvalue weighted by Gasteiger charge is 2.24. The minimum atomic E-state index is -0.168. The minimum absolute atomic E-state index is 0.0694. The van der Waals surface area contributed by atoms with E-state index in [1.165, 1.54) is 6.26 Å². The fourth-order valence-corrected chi connectivity index (χ4v) is 2.90. The van der Waals surface area contributed by atoms with Gasteiger partial charge in [0.25, 0.3) is 11.8 Å². The zero-order valence-corrected chi connectivity index (χ0v) is 13.2. The summed E-state index contributed by atoms with van der Waals surface area (Å²) in [7, 11) is 0. The average molecular weight is 315 g/mol. The molecule has 0 unspecified atom stereocenters. The van der Waals surface area contributed by atoms with E-state index in [4.69, 9.17) is 4.42 Å². The molecular formula is C17H21N3O3. The van der Waals surface area contributed by atoms with Gasteiger partial charge < -0.3 is 19.6 Å². The van der Waals surface area contributed by atoms with Gasteiger partial charge in [-0.1, -0.05) is 0 Å². The van der Waals surface area contributed by atoms with Crippen LogP contribution in [0.4, 0.5) is 0 Å². The Morgan fingerprint density at radius 2 is 2.13 bits per heavy atom. The quantitative estimate of drug-likeness (QED) is 0.908. The number of aryl methyl sites for hydroxylation is 1. The number of piperidine rings is 1. The molecule has 1 aliphatic rings. The zero-order chi connectivity index (χ0) is 16.2. The van der Waals surface area contributed by atoms with Crippen molar-refractivity contribution in [3.05, 3.63) is 47.7 Å². The fourth-order valence-electron chi connectivity index (χ4n) is 2.90. The number of aromatic nitrogens is 1. The number of aromatic amines is 1. The van der Waals surface area contributed by atoms with Crippen LogP contribution in [0.15, 0.2) is 35.2 Å². The summed E-state index contributed by atoms with van der Waals surface area (Å²) in [5.74, 6) is 0.674. The van der Waals surface area contributed by atoms with E-state index in [0.29, 0.717) is 23.8 Å². The van der Waals surface area contributed by atoms with Crippen LogP contribution < -0.4 is 5.32 Å². The lowest BCUT2D eigenvalue weighted by molar-refractivity contribution is 0.0683. The SMILES string of the molecule is Cc1ccoc1C(=O)NCC1CCN(C(=O)c2cc[nH]c2)CC1. The van der Waals surface area contributed by atoms with Crippen LogP contribution in [-0.4, -0.2) is 41.3 Å². The van der Waals surface area contributed by atoms with Gasteiger partial charge in [0.05, 0.1) is 11.8 Å². The topological polar surface area (TPSA) is 78.3 Å². The van der Waals surface area contributed by atoms with Gasteiger partial charge in [0.15, 0.2) is 5.76 Å². The maximum absolute atomic E-state index is 12.3. The van der Waals surface area contributed by atoms with Crippen LogP contribution in [0.2, 0.25) is 0 Å². The molecule has 0 atom stereocenters. The molecule has 2 amide bonds. The van der Waals surface area contributed by atoms with Gasteiger partial charge in [0.1, 0.15) is 0 Å². The molecule has 0 aliphatic carbocycles. The lowest BCUT2D eigenvalue weighted by atomic mass is 9.96. The van der Waals surface area contributed by atoms with Crippen molar-refractivity contribution in [2.24, 2.45) is 5.92 Å². The Kier molecular flexibility index (Phi) is 4.50. The normalized spacial score (nSPS) is 15.6. The lowest BCUT2D eigenvalue weighted by Gasteiger charge is -2.31. The Bertz CT molecular complexity index is 667. The molecule has 0 bridgehead atoms. The van der Waals surface area contributed by atoms with Gasteiger partial charge >= 0.3 is 0 Å². The summed E-state index contributed by atoms with van der Waals surface area (Å²) >= 11 is 0. The molecule has 2 aromatic rings. The van der Waals surface area contributed by atoms with Gasteiger partial charge in [0.2, 0.25) is 0 Å². The van der Waals surface area contributed by atoms with E-state index in [2.05, 4.69) is 10.3 Å². The van der Waals surface area contributed by atoms with Gasteiger partial charge in [-0.2, -0.15) is 0 Å². The number of nitrogens with zero attached hydrogens (tertiary/aromatic N) is 1. The molecule has 6 nitrogen and oxygen atoms in total. The van der Waals surface area contributed by atoms with Gasteiger partial charge in [-0.3, -0.25) is 9.59 Å². The molecule has 3 heterocycles. The molecule has 0 radical (unpaired) electrons. The van der Waals surface area contributed by atoms with E-state index in [0.717, 1.165) is 31.5 Å². The van der Waals surface area contributed by atoms with Crippen LogP contribution in [0.5, 0.6) is 0 Å². The molecule has 0 saturated carbocycles. The summed E-state index contributed by atoms with van der Waals surface area (Å²) in [6, 6.07) is 3.57. The van der Waals surface area contributed by atoms with Crippen LogP contribution in [0, 0.1) is 12.8 Å². The molecule has 0 aromatic carbocycles. The maximum Gasteiger partial charge on any atom is 0.287 e. The highest BCUT2D eigenvalue weighted by atomic mass is 16.3. The van der Waals surface area contributed by atoms with E-state index in [1.807, 2.05) is 11.8 Å². The summed E-state index contributed by atoms with van der Waals surface area (Å²) in [6.45, 7) is 3.92. The first-order valence-electron chi connectivity index (χ1n) is 7.89. The molecule has 6 heteroatoms. The molecule has 2 aromatic heterocycles. The Morgan fingerprint density at radius 1 is 1.35 bits per heavy atom. The number of rotatable bonds is 4. The number of hydrogen-bond donors (Lipinski definition) is 2. The van der Waals surface area contributed by atoms with E-state index >= 15 is 0 Å². The van der Waals surface area contributed by atoms with Crippen LogP contribution in [0.3, 0.4) is 0 Å². The molecule has 0 spiro atoms.